The molecule has 1 fully saturated rings. The van der Waals surface area contributed by atoms with Crippen LogP contribution in [-0.2, 0) is 0 Å². The van der Waals surface area contributed by atoms with Crippen LogP contribution in [0.15, 0.2) is 49.1 Å². The summed E-state index contributed by atoms with van der Waals surface area (Å²) in [4.78, 5) is 30.9. The third-order valence-corrected chi connectivity index (χ3v) is 7.22. The van der Waals surface area contributed by atoms with E-state index in [1.54, 1.807) is 36.1 Å². The molecule has 7 rings (SSSR count). The van der Waals surface area contributed by atoms with E-state index in [1.165, 1.54) is 9.75 Å². The molecule has 0 spiro atoms. The first-order valence-electron chi connectivity index (χ1n) is 11.2. The average molecular weight is 481 g/mol. The first kappa shape index (κ1) is 20.2. The molecule has 6 aromatic rings. The number of hydrogen-bond donors (Lipinski definition) is 3. The van der Waals surface area contributed by atoms with Crippen LogP contribution in [0.2, 0.25) is 0 Å². The summed E-state index contributed by atoms with van der Waals surface area (Å²) in [6.45, 7) is 3.66. The summed E-state index contributed by atoms with van der Waals surface area (Å²) in [5, 5.41) is 8.49. The molecule has 1 saturated heterocycles. The summed E-state index contributed by atoms with van der Waals surface area (Å²) in [6, 6.07) is 8.41. The number of H-pyrrole nitrogens is 2. The van der Waals surface area contributed by atoms with Crippen molar-refractivity contribution in [2.45, 2.75) is 13.0 Å². The van der Waals surface area contributed by atoms with Gasteiger partial charge in [-0.05, 0) is 31.2 Å². The van der Waals surface area contributed by atoms with Gasteiger partial charge in [0, 0.05) is 46.0 Å². The maximum Gasteiger partial charge on any atom is 0.178 e. The lowest BCUT2D eigenvalue weighted by molar-refractivity contribution is 0.514. The van der Waals surface area contributed by atoms with Crippen LogP contribution in [0.4, 0.5) is 5.82 Å². The largest absolute Gasteiger partial charge is 0.352 e. The molecule has 11 heteroatoms. The van der Waals surface area contributed by atoms with Gasteiger partial charge in [-0.1, -0.05) is 0 Å². The predicted octanol–water partition coefficient (Wildman–Crippen LogP) is 3.54. The molecule has 1 aliphatic heterocycles. The minimum absolute atomic E-state index is 0.186. The summed E-state index contributed by atoms with van der Waals surface area (Å²) in [5.74, 6) is 1.45. The van der Waals surface area contributed by atoms with Gasteiger partial charge in [0.1, 0.15) is 17.2 Å². The van der Waals surface area contributed by atoms with E-state index in [0.717, 1.165) is 40.9 Å². The molecule has 0 aliphatic carbocycles. The smallest absolute Gasteiger partial charge is 0.178 e. The number of fused-ring (bicyclic) bond motifs is 2. The Labute approximate surface area is 203 Å². The minimum Gasteiger partial charge on any atom is -0.352 e. The zero-order valence-corrected chi connectivity index (χ0v) is 19.5. The number of nitrogens with zero attached hydrogens (tertiary/aromatic N) is 7. The van der Waals surface area contributed by atoms with Gasteiger partial charge in [-0.3, -0.25) is 15.1 Å². The normalized spacial score (nSPS) is 14.2. The molecule has 0 aromatic carbocycles. The van der Waals surface area contributed by atoms with Crippen LogP contribution < -0.4 is 10.6 Å². The lowest BCUT2D eigenvalue weighted by Crippen LogP contribution is -2.56. The molecule has 7 heterocycles. The molecule has 0 radical (unpaired) electrons. The molecule has 0 saturated carbocycles. The van der Waals surface area contributed by atoms with E-state index in [-0.39, 0.29) is 6.04 Å². The molecule has 1 aliphatic rings. The van der Waals surface area contributed by atoms with Crippen LogP contribution in [0.5, 0.6) is 0 Å². The second kappa shape index (κ2) is 7.65. The van der Waals surface area contributed by atoms with Crippen LogP contribution in [0.1, 0.15) is 4.88 Å². The maximum atomic E-state index is 5.92. The summed E-state index contributed by atoms with van der Waals surface area (Å²) in [6.07, 6.45) is 7.03. The van der Waals surface area contributed by atoms with Crippen molar-refractivity contribution in [1.29, 1.82) is 0 Å². The Morgan fingerprint density at radius 1 is 1.06 bits per heavy atom. The van der Waals surface area contributed by atoms with Crippen molar-refractivity contribution in [1.82, 2.24) is 40.1 Å². The molecule has 4 N–H and O–H groups in total. The van der Waals surface area contributed by atoms with Crippen LogP contribution in [0, 0.1) is 6.92 Å². The van der Waals surface area contributed by atoms with E-state index in [1.807, 2.05) is 12.1 Å². The van der Waals surface area contributed by atoms with Crippen molar-refractivity contribution >= 4 is 39.2 Å². The van der Waals surface area contributed by atoms with Crippen LogP contribution in [-0.4, -0.2) is 59.2 Å². The average Bonchev–Trinajstić information content (AvgIpc) is 3.59. The number of hydrogen-bond acceptors (Lipinski definition) is 9. The maximum absolute atomic E-state index is 5.92. The molecule has 0 amide bonds. The first-order chi connectivity index (χ1) is 17.1. The van der Waals surface area contributed by atoms with Crippen LogP contribution >= 0.6 is 11.3 Å². The molecule has 35 heavy (non-hydrogen) atoms. The third-order valence-electron chi connectivity index (χ3n) is 6.19. The molecule has 6 aromatic heterocycles. The number of imidazole rings is 1. The van der Waals surface area contributed by atoms with Crippen molar-refractivity contribution in [3.63, 3.8) is 0 Å². The van der Waals surface area contributed by atoms with E-state index in [9.17, 15) is 0 Å². The number of nitrogens with one attached hydrogen (secondary N) is 2. The van der Waals surface area contributed by atoms with Gasteiger partial charge >= 0.3 is 0 Å². The fraction of sp³-hybridized carbons (Fsp3) is 0.167. The van der Waals surface area contributed by atoms with Gasteiger partial charge in [0.25, 0.3) is 0 Å². The number of pyridine rings is 2. The third kappa shape index (κ3) is 3.35. The zero-order chi connectivity index (χ0) is 23.5. The molecular formula is C24H20N10S. The summed E-state index contributed by atoms with van der Waals surface area (Å²) < 4.78 is 0. The summed E-state index contributed by atoms with van der Waals surface area (Å²) in [7, 11) is 0. The molecule has 0 unspecified atom stereocenters. The van der Waals surface area contributed by atoms with Gasteiger partial charge < -0.3 is 15.6 Å². The Bertz CT molecular complexity index is 1710. The Balaban J connectivity index is 1.31. The van der Waals surface area contributed by atoms with E-state index in [2.05, 4.69) is 54.1 Å². The number of aromatic nitrogens is 8. The molecule has 172 valence electrons. The SMILES string of the molecule is Cc1ccc(-c2ccnc3nc(-c4n[nH]c5cnc(-c6cncc(N7CC(N)C7)n6)cc45)[nH]c23)s1. The second-order valence-corrected chi connectivity index (χ2v) is 9.96. The fourth-order valence-electron chi connectivity index (χ4n) is 4.38. The lowest BCUT2D eigenvalue weighted by Gasteiger charge is -2.37. The minimum atomic E-state index is 0.186. The zero-order valence-electron chi connectivity index (χ0n) is 18.7. The number of nitrogens with two attached hydrogens (primary N) is 1. The number of thiophene rings is 1. The van der Waals surface area contributed by atoms with Gasteiger partial charge in [0.15, 0.2) is 11.5 Å². The molecule has 0 bridgehead atoms. The first-order valence-corrected chi connectivity index (χ1v) is 12.0. The summed E-state index contributed by atoms with van der Waals surface area (Å²) in [5.41, 5.74) is 11.5. The quantitative estimate of drug-likeness (QED) is 0.348. The summed E-state index contributed by atoms with van der Waals surface area (Å²) >= 11 is 1.74. The van der Waals surface area contributed by atoms with Crippen molar-refractivity contribution in [2.24, 2.45) is 5.73 Å². The van der Waals surface area contributed by atoms with E-state index in [0.29, 0.717) is 28.6 Å². The van der Waals surface area contributed by atoms with Gasteiger partial charge in [-0.15, -0.1) is 11.3 Å². The predicted molar refractivity (Wildman–Crippen MR) is 136 cm³/mol. The van der Waals surface area contributed by atoms with Crippen molar-refractivity contribution in [2.75, 3.05) is 18.0 Å². The van der Waals surface area contributed by atoms with Gasteiger partial charge in [0.2, 0.25) is 0 Å². The van der Waals surface area contributed by atoms with Gasteiger partial charge in [-0.25, -0.2) is 15.0 Å². The standard InChI is InChI=1S/C24H20N10S/c1-12-2-3-19(35-12)14-4-5-27-23-21(14)30-24(31-23)22-15-6-16(28-8-17(15)32-33-22)18-7-26-9-20(29-18)34-10-13(25)11-34/h2-9,13H,10-11,25H2,1H3,(H,32,33)(H,27,30,31). The Hall–Kier alpha value is -4.22. The Morgan fingerprint density at radius 2 is 1.97 bits per heavy atom. The Kier molecular flexibility index (Phi) is 4.41. The Morgan fingerprint density at radius 3 is 2.80 bits per heavy atom. The van der Waals surface area contributed by atoms with E-state index >= 15 is 0 Å². The number of aromatic amines is 2. The van der Waals surface area contributed by atoms with E-state index < -0.39 is 0 Å². The van der Waals surface area contributed by atoms with Gasteiger partial charge in [-0.2, -0.15) is 5.10 Å². The highest BCUT2D eigenvalue weighted by molar-refractivity contribution is 7.15. The van der Waals surface area contributed by atoms with Crippen molar-refractivity contribution in [3.8, 4) is 33.3 Å². The lowest BCUT2D eigenvalue weighted by atomic mass is 10.1. The number of anilines is 1. The van der Waals surface area contributed by atoms with Crippen molar-refractivity contribution in [3.05, 3.63) is 53.9 Å². The fourth-order valence-corrected chi connectivity index (χ4v) is 5.28. The molecule has 10 nitrogen and oxygen atoms in total. The highest BCUT2D eigenvalue weighted by Gasteiger charge is 2.25. The second-order valence-electron chi connectivity index (χ2n) is 8.67. The highest BCUT2D eigenvalue weighted by Crippen LogP contribution is 2.34. The molecular weight excluding hydrogens is 460 g/mol. The van der Waals surface area contributed by atoms with Crippen molar-refractivity contribution < 1.29 is 0 Å². The van der Waals surface area contributed by atoms with E-state index in [4.69, 9.17) is 15.7 Å². The van der Waals surface area contributed by atoms with Gasteiger partial charge in [0.05, 0.1) is 35.3 Å². The monoisotopic (exact) mass is 480 g/mol. The van der Waals surface area contributed by atoms with Crippen LogP contribution in [0.25, 0.3) is 55.4 Å². The van der Waals surface area contributed by atoms with Crippen LogP contribution in [0.3, 0.4) is 0 Å². The number of rotatable bonds is 4. The highest BCUT2D eigenvalue weighted by atomic mass is 32.1. The number of aryl methyl sites for hydroxylation is 1. The topological polar surface area (TPSA) is 138 Å². The molecule has 0 atom stereocenters.